The molecule has 1 amide bonds. The first-order valence-electron chi connectivity index (χ1n) is 9.17. The molecule has 0 saturated heterocycles. The average molecular weight is 359 g/mol. The lowest BCUT2D eigenvalue weighted by Crippen LogP contribution is -2.30. The lowest BCUT2D eigenvalue weighted by atomic mass is 10.0. The number of benzene rings is 3. The van der Waals surface area contributed by atoms with E-state index in [9.17, 15) is 4.79 Å². The first-order chi connectivity index (χ1) is 13.2. The number of carbonyl (C=O) groups is 1. The monoisotopic (exact) mass is 359 g/mol. The van der Waals surface area contributed by atoms with E-state index in [1.165, 1.54) is 5.56 Å². The molecule has 138 valence electrons. The number of amides is 1. The van der Waals surface area contributed by atoms with Gasteiger partial charge in [0.25, 0.3) is 0 Å². The van der Waals surface area contributed by atoms with Crippen molar-refractivity contribution in [2.75, 3.05) is 13.7 Å². The molecule has 0 saturated carbocycles. The number of hydrogen-bond donors (Lipinski definition) is 1. The zero-order chi connectivity index (χ0) is 19.1. The maximum absolute atomic E-state index is 12.3. The lowest BCUT2D eigenvalue weighted by Gasteiger charge is -2.18. The molecule has 0 radical (unpaired) electrons. The van der Waals surface area contributed by atoms with E-state index >= 15 is 0 Å². The molecule has 1 atom stereocenters. The van der Waals surface area contributed by atoms with E-state index in [1.54, 1.807) is 7.11 Å². The smallest absolute Gasteiger partial charge is 0.224 e. The molecule has 0 aliphatic rings. The third-order valence-electron chi connectivity index (χ3n) is 4.73. The molecule has 3 nitrogen and oxygen atoms in total. The molecular weight excluding hydrogens is 334 g/mol. The van der Waals surface area contributed by atoms with Crippen molar-refractivity contribution in [2.45, 2.75) is 19.4 Å². The minimum Gasteiger partial charge on any atom is -0.375 e. The van der Waals surface area contributed by atoms with Gasteiger partial charge >= 0.3 is 0 Å². The Balaban J connectivity index is 1.57. The fourth-order valence-electron chi connectivity index (χ4n) is 3.17. The van der Waals surface area contributed by atoms with Gasteiger partial charge in [0, 0.05) is 13.7 Å². The van der Waals surface area contributed by atoms with Crippen molar-refractivity contribution >= 4 is 5.91 Å². The summed E-state index contributed by atoms with van der Waals surface area (Å²) in [7, 11) is 1.67. The molecule has 27 heavy (non-hydrogen) atoms. The van der Waals surface area contributed by atoms with Crippen molar-refractivity contribution in [3.63, 3.8) is 0 Å². The van der Waals surface area contributed by atoms with Crippen molar-refractivity contribution in [2.24, 2.45) is 0 Å². The third-order valence-corrected chi connectivity index (χ3v) is 4.73. The van der Waals surface area contributed by atoms with Crippen molar-refractivity contribution in [3.8, 4) is 11.1 Å². The zero-order valence-electron chi connectivity index (χ0n) is 15.8. The van der Waals surface area contributed by atoms with Gasteiger partial charge in [-0.1, -0.05) is 78.9 Å². The van der Waals surface area contributed by atoms with Crippen LogP contribution in [0, 0.1) is 6.92 Å². The zero-order valence-corrected chi connectivity index (χ0v) is 15.8. The van der Waals surface area contributed by atoms with Gasteiger partial charge in [-0.05, 0) is 34.7 Å². The van der Waals surface area contributed by atoms with E-state index in [-0.39, 0.29) is 12.0 Å². The SMILES string of the molecule is COC(CNC(=O)Cc1ccc(-c2ccccc2)cc1)c1ccccc1C. The van der Waals surface area contributed by atoms with Gasteiger partial charge in [-0.15, -0.1) is 0 Å². The highest BCUT2D eigenvalue weighted by atomic mass is 16.5. The summed E-state index contributed by atoms with van der Waals surface area (Å²) in [5, 5.41) is 2.99. The molecule has 3 aromatic rings. The van der Waals surface area contributed by atoms with Crippen molar-refractivity contribution in [3.05, 3.63) is 95.6 Å². The molecule has 3 rings (SSSR count). The van der Waals surface area contributed by atoms with Gasteiger partial charge in [0.15, 0.2) is 0 Å². The van der Waals surface area contributed by atoms with Crippen LogP contribution in [0.5, 0.6) is 0 Å². The fraction of sp³-hybridized carbons (Fsp3) is 0.208. The Labute approximate surface area is 161 Å². The number of rotatable bonds is 7. The number of methoxy groups -OCH3 is 1. The highest BCUT2D eigenvalue weighted by molar-refractivity contribution is 5.79. The molecule has 0 aromatic heterocycles. The van der Waals surface area contributed by atoms with Crippen molar-refractivity contribution in [1.29, 1.82) is 0 Å². The van der Waals surface area contributed by atoms with E-state index in [2.05, 4.69) is 42.6 Å². The average Bonchev–Trinajstić information content (AvgIpc) is 2.71. The van der Waals surface area contributed by atoms with Gasteiger partial charge in [0.05, 0.1) is 12.5 Å². The van der Waals surface area contributed by atoms with E-state index in [0.29, 0.717) is 13.0 Å². The number of carbonyl (C=O) groups excluding carboxylic acids is 1. The predicted molar refractivity (Wildman–Crippen MR) is 110 cm³/mol. The van der Waals surface area contributed by atoms with Crippen LogP contribution in [0.4, 0.5) is 0 Å². The molecule has 3 aromatic carbocycles. The summed E-state index contributed by atoms with van der Waals surface area (Å²) < 4.78 is 5.57. The van der Waals surface area contributed by atoms with E-state index in [1.807, 2.05) is 48.5 Å². The van der Waals surface area contributed by atoms with Crippen LogP contribution in [0.15, 0.2) is 78.9 Å². The quantitative estimate of drug-likeness (QED) is 0.663. The van der Waals surface area contributed by atoms with E-state index in [0.717, 1.165) is 22.3 Å². The van der Waals surface area contributed by atoms with Crippen molar-refractivity contribution < 1.29 is 9.53 Å². The minimum absolute atomic E-state index is 0.00176. The molecule has 0 aliphatic heterocycles. The molecular formula is C24H25NO2. The summed E-state index contributed by atoms with van der Waals surface area (Å²) in [5.41, 5.74) is 5.59. The molecule has 0 aliphatic carbocycles. The van der Waals surface area contributed by atoms with Crippen LogP contribution in [-0.4, -0.2) is 19.6 Å². The van der Waals surface area contributed by atoms with Crippen molar-refractivity contribution in [1.82, 2.24) is 5.32 Å². The minimum atomic E-state index is -0.143. The first-order valence-corrected chi connectivity index (χ1v) is 9.17. The Bertz CT molecular complexity index is 872. The van der Waals surface area contributed by atoms with Crippen LogP contribution in [-0.2, 0) is 16.0 Å². The predicted octanol–water partition coefficient (Wildman–Crippen LogP) is 4.71. The summed E-state index contributed by atoms with van der Waals surface area (Å²) in [6.07, 6.45) is 0.217. The molecule has 1 N–H and O–H groups in total. The van der Waals surface area contributed by atoms with Gasteiger partial charge in [-0.25, -0.2) is 0 Å². The molecule has 0 heterocycles. The molecule has 0 bridgehead atoms. The number of aryl methyl sites for hydroxylation is 1. The van der Waals surface area contributed by atoms with Crippen LogP contribution in [0.3, 0.4) is 0 Å². The number of hydrogen-bond acceptors (Lipinski definition) is 2. The number of ether oxygens (including phenoxy) is 1. The second-order valence-corrected chi connectivity index (χ2v) is 6.62. The van der Waals surface area contributed by atoms with E-state index < -0.39 is 0 Å². The topological polar surface area (TPSA) is 38.3 Å². The molecule has 1 unspecified atom stereocenters. The Hall–Kier alpha value is -2.91. The molecule has 3 heteroatoms. The van der Waals surface area contributed by atoms with Gasteiger partial charge in [0.2, 0.25) is 5.91 Å². The van der Waals surface area contributed by atoms with Crippen LogP contribution in [0.2, 0.25) is 0 Å². The van der Waals surface area contributed by atoms with Crippen LogP contribution < -0.4 is 5.32 Å². The van der Waals surface area contributed by atoms with Crippen LogP contribution in [0.1, 0.15) is 22.8 Å². The standard InChI is InChI=1S/C24H25NO2/c1-18-8-6-7-11-22(18)23(27-2)17-25-24(26)16-19-12-14-21(15-13-19)20-9-4-3-5-10-20/h3-15,23H,16-17H2,1-2H3,(H,25,26). The van der Waals surface area contributed by atoms with Gasteiger partial charge < -0.3 is 10.1 Å². The molecule has 0 fully saturated rings. The first kappa shape index (κ1) is 18.9. The lowest BCUT2D eigenvalue weighted by molar-refractivity contribution is -0.121. The van der Waals surface area contributed by atoms with Crippen LogP contribution >= 0.6 is 0 Å². The Morgan fingerprint density at radius 1 is 0.889 bits per heavy atom. The summed E-state index contributed by atoms with van der Waals surface area (Å²) in [6, 6.07) is 26.4. The highest BCUT2D eigenvalue weighted by Gasteiger charge is 2.14. The van der Waals surface area contributed by atoms with Gasteiger partial charge in [0.1, 0.15) is 0 Å². The summed E-state index contributed by atoms with van der Waals surface area (Å²) >= 11 is 0. The fourth-order valence-corrected chi connectivity index (χ4v) is 3.17. The number of nitrogens with one attached hydrogen (secondary N) is 1. The second-order valence-electron chi connectivity index (χ2n) is 6.62. The maximum Gasteiger partial charge on any atom is 0.224 e. The largest absolute Gasteiger partial charge is 0.375 e. The summed E-state index contributed by atoms with van der Waals surface area (Å²) in [5.74, 6) is -0.00176. The Morgan fingerprint density at radius 3 is 2.19 bits per heavy atom. The maximum atomic E-state index is 12.3. The second kappa shape index (κ2) is 9.15. The Morgan fingerprint density at radius 2 is 1.52 bits per heavy atom. The molecule has 0 spiro atoms. The van der Waals surface area contributed by atoms with Crippen LogP contribution in [0.25, 0.3) is 11.1 Å². The van der Waals surface area contributed by atoms with E-state index in [4.69, 9.17) is 4.74 Å². The normalized spacial score (nSPS) is 11.8. The van der Waals surface area contributed by atoms with Gasteiger partial charge in [-0.3, -0.25) is 4.79 Å². The summed E-state index contributed by atoms with van der Waals surface area (Å²) in [4.78, 5) is 12.3. The third kappa shape index (κ3) is 5.05. The van der Waals surface area contributed by atoms with Gasteiger partial charge in [-0.2, -0.15) is 0 Å². The Kier molecular flexibility index (Phi) is 6.39. The summed E-state index contributed by atoms with van der Waals surface area (Å²) in [6.45, 7) is 2.51. The highest BCUT2D eigenvalue weighted by Crippen LogP contribution is 2.21.